The van der Waals surface area contributed by atoms with Crippen molar-refractivity contribution in [3.05, 3.63) is 70.8 Å². The molecule has 3 rings (SSSR count). The summed E-state index contributed by atoms with van der Waals surface area (Å²) >= 11 is 0. The molecule has 7 heteroatoms. The highest BCUT2D eigenvalue weighted by atomic mass is 16.5. The molecule has 1 N–H and O–H groups in total. The van der Waals surface area contributed by atoms with Gasteiger partial charge >= 0.3 is 5.97 Å². The Morgan fingerprint density at radius 3 is 2.39 bits per heavy atom. The number of ether oxygens (including phenoxy) is 1. The van der Waals surface area contributed by atoms with Crippen molar-refractivity contribution in [3.63, 3.8) is 0 Å². The van der Waals surface area contributed by atoms with Crippen molar-refractivity contribution in [2.45, 2.75) is 26.5 Å². The zero-order valence-electron chi connectivity index (χ0n) is 15.6. The fraction of sp³-hybridized carbons (Fsp3) is 0.238. The summed E-state index contributed by atoms with van der Waals surface area (Å²) in [6.45, 7) is 3.80. The lowest BCUT2D eigenvalue weighted by atomic mass is 10.1. The van der Waals surface area contributed by atoms with Crippen molar-refractivity contribution < 1.29 is 23.9 Å². The zero-order chi connectivity index (χ0) is 20.3. The summed E-state index contributed by atoms with van der Waals surface area (Å²) in [5, 5.41) is 2.56. The number of nitrogens with one attached hydrogen (secondary N) is 1. The van der Waals surface area contributed by atoms with Gasteiger partial charge in [0.2, 0.25) is 0 Å². The number of hydrogen-bond acceptors (Lipinski definition) is 5. The van der Waals surface area contributed by atoms with Gasteiger partial charge in [0.25, 0.3) is 17.7 Å². The maximum atomic E-state index is 12.7. The minimum absolute atomic E-state index is 0.109. The second kappa shape index (κ2) is 8.04. The van der Waals surface area contributed by atoms with Crippen LogP contribution in [0, 0.1) is 0 Å². The molecule has 0 aliphatic carbocycles. The van der Waals surface area contributed by atoms with Crippen LogP contribution in [0.4, 0.5) is 0 Å². The molecule has 3 amide bonds. The van der Waals surface area contributed by atoms with Crippen molar-refractivity contribution in [1.82, 2.24) is 10.2 Å². The lowest BCUT2D eigenvalue weighted by molar-refractivity contribution is -0.128. The van der Waals surface area contributed by atoms with Crippen molar-refractivity contribution in [3.8, 4) is 0 Å². The highest BCUT2D eigenvalue weighted by Gasteiger charge is 2.36. The number of rotatable bonds is 6. The minimum Gasteiger partial charge on any atom is -0.449 e. The molecular weight excluding hydrogens is 360 g/mol. The molecule has 7 nitrogen and oxygen atoms in total. The van der Waals surface area contributed by atoms with Gasteiger partial charge in [-0.2, -0.15) is 0 Å². The summed E-state index contributed by atoms with van der Waals surface area (Å²) in [4.78, 5) is 50.4. The Morgan fingerprint density at radius 2 is 1.71 bits per heavy atom. The standard InChI is InChI=1S/C21H20N2O5/c1-3-22-18(24)13(2)28-21(27)15-9-10-16-17(11-15)20(26)23(19(16)25)12-14-7-5-4-6-8-14/h4-11,13H,3,12H2,1-2H3,(H,22,24)/t13-/m1/s1. The number of benzene rings is 2. The predicted octanol–water partition coefficient (Wildman–Crippen LogP) is 2.16. The largest absolute Gasteiger partial charge is 0.449 e. The van der Waals surface area contributed by atoms with Gasteiger partial charge in [0.1, 0.15) is 0 Å². The molecule has 0 saturated heterocycles. The van der Waals surface area contributed by atoms with Gasteiger partial charge in [-0.1, -0.05) is 30.3 Å². The molecule has 2 aromatic carbocycles. The number of carbonyl (C=O) groups excluding carboxylic acids is 4. The van der Waals surface area contributed by atoms with Crippen molar-refractivity contribution >= 4 is 23.7 Å². The van der Waals surface area contributed by atoms with Gasteiger partial charge in [0.05, 0.1) is 23.2 Å². The summed E-state index contributed by atoms with van der Waals surface area (Å²) in [6.07, 6.45) is -0.965. The first-order valence-corrected chi connectivity index (χ1v) is 8.95. The highest BCUT2D eigenvalue weighted by molar-refractivity contribution is 6.21. The molecule has 1 aliphatic rings. The van der Waals surface area contributed by atoms with Crippen LogP contribution < -0.4 is 5.32 Å². The second-order valence-electron chi connectivity index (χ2n) is 6.38. The van der Waals surface area contributed by atoms with Gasteiger partial charge in [0.15, 0.2) is 6.10 Å². The normalized spacial score (nSPS) is 13.9. The van der Waals surface area contributed by atoms with E-state index in [0.717, 1.165) is 10.5 Å². The number of likely N-dealkylation sites (N-methyl/N-ethyl adjacent to an activating group) is 1. The van der Waals surface area contributed by atoms with Crippen LogP contribution in [-0.2, 0) is 16.1 Å². The predicted molar refractivity (Wildman–Crippen MR) is 101 cm³/mol. The molecule has 28 heavy (non-hydrogen) atoms. The van der Waals surface area contributed by atoms with Crippen molar-refractivity contribution in [2.75, 3.05) is 6.54 Å². The third kappa shape index (κ3) is 3.78. The summed E-state index contributed by atoms with van der Waals surface area (Å²) < 4.78 is 5.13. The van der Waals surface area contributed by atoms with Gasteiger partial charge in [-0.3, -0.25) is 19.3 Å². The summed E-state index contributed by atoms with van der Waals surface area (Å²) in [5.74, 6) is -2.00. The molecule has 0 unspecified atom stereocenters. The maximum absolute atomic E-state index is 12.7. The first-order valence-electron chi connectivity index (χ1n) is 8.95. The van der Waals surface area contributed by atoms with Crippen LogP contribution in [0.15, 0.2) is 48.5 Å². The van der Waals surface area contributed by atoms with Crippen molar-refractivity contribution in [2.24, 2.45) is 0 Å². The quantitative estimate of drug-likeness (QED) is 0.612. The Labute approximate surface area is 162 Å². The van der Waals surface area contributed by atoms with Gasteiger partial charge < -0.3 is 10.1 Å². The number of fused-ring (bicyclic) bond motifs is 1. The molecule has 2 aromatic rings. The molecule has 1 atom stereocenters. The summed E-state index contributed by atoms with van der Waals surface area (Å²) in [6, 6.07) is 13.4. The third-order valence-corrected chi connectivity index (χ3v) is 4.39. The molecule has 0 bridgehead atoms. The summed E-state index contributed by atoms with van der Waals surface area (Å²) in [7, 11) is 0. The van der Waals surface area contributed by atoms with Crippen LogP contribution >= 0.6 is 0 Å². The Hall–Kier alpha value is -3.48. The zero-order valence-corrected chi connectivity index (χ0v) is 15.6. The molecular formula is C21H20N2O5. The molecule has 144 valence electrons. The van der Waals surface area contributed by atoms with Gasteiger partial charge in [-0.05, 0) is 37.6 Å². The van der Waals surface area contributed by atoms with E-state index in [1.807, 2.05) is 30.3 Å². The fourth-order valence-corrected chi connectivity index (χ4v) is 2.93. The Balaban J connectivity index is 1.77. The lowest BCUT2D eigenvalue weighted by Gasteiger charge is -2.13. The van der Waals surface area contributed by atoms with Gasteiger partial charge in [-0.25, -0.2) is 4.79 Å². The smallest absolute Gasteiger partial charge is 0.338 e. The van der Waals surface area contributed by atoms with Gasteiger partial charge in [0, 0.05) is 6.54 Å². The molecule has 1 aliphatic heterocycles. The molecule has 0 spiro atoms. The van der Waals surface area contributed by atoms with Crippen LogP contribution in [0.1, 0.15) is 50.5 Å². The van der Waals surface area contributed by atoms with Crippen LogP contribution in [0.2, 0.25) is 0 Å². The highest BCUT2D eigenvalue weighted by Crippen LogP contribution is 2.26. The average Bonchev–Trinajstić information content (AvgIpc) is 2.93. The Kier molecular flexibility index (Phi) is 5.54. The number of esters is 1. The number of hydrogen-bond donors (Lipinski definition) is 1. The summed E-state index contributed by atoms with van der Waals surface area (Å²) in [5.41, 5.74) is 1.33. The maximum Gasteiger partial charge on any atom is 0.338 e. The number of imide groups is 1. The Bertz CT molecular complexity index is 939. The lowest BCUT2D eigenvalue weighted by Crippen LogP contribution is -2.35. The fourth-order valence-electron chi connectivity index (χ4n) is 2.93. The van der Waals surface area contributed by atoms with Gasteiger partial charge in [-0.15, -0.1) is 0 Å². The van der Waals surface area contributed by atoms with Crippen LogP contribution in [0.3, 0.4) is 0 Å². The van der Waals surface area contributed by atoms with Crippen LogP contribution in [0.5, 0.6) is 0 Å². The van der Waals surface area contributed by atoms with E-state index < -0.39 is 29.8 Å². The van der Waals surface area contributed by atoms with Crippen LogP contribution in [-0.4, -0.2) is 41.2 Å². The van der Waals surface area contributed by atoms with E-state index >= 15 is 0 Å². The number of carbonyl (C=O) groups is 4. The molecule has 0 saturated carbocycles. The first kappa shape index (κ1) is 19.3. The number of amides is 3. The van der Waals surface area contributed by atoms with E-state index in [9.17, 15) is 19.2 Å². The first-order chi connectivity index (χ1) is 13.4. The second-order valence-corrected chi connectivity index (χ2v) is 6.38. The third-order valence-electron chi connectivity index (χ3n) is 4.39. The van der Waals surface area contributed by atoms with E-state index in [0.29, 0.717) is 6.54 Å². The van der Waals surface area contributed by atoms with Crippen molar-refractivity contribution in [1.29, 1.82) is 0 Å². The molecule has 0 aromatic heterocycles. The topological polar surface area (TPSA) is 92.8 Å². The monoisotopic (exact) mass is 380 g/mol. The van der Waals surface area contributed by atoms with E-state index in [1.165, 1.54) is 25.1 Å². The van der Waals surface area contributed by atoms with E-state index in [1.54, 1.807) is 6.92 Å². The Morgan fingerprint density at radius 1 is 1.04 bits per heavy atom. The minimum atomic E-state index is -0.965. The number of nitrogens with zero attached hydrogens (tertiary/aromatic N) is 1. The van der Waals surface area contributed by atoms with E-state index in [-0.39, 0.29) is 23.2 Å². The average molecular weight is 380 g/mol. The van der Waals surface area contributed by atoms with E-state index in [2.05, 4.69) is 5.32 Å². The molecule has 0 fully saturated rings. The van der Waals surface area contributed by atoms with Crippen LogP contribution in [0.25, 0.3) is 0 Å². The molecule has 0 radical (unpaired) electrons. The SMILES string of the molecule is CCNC(=O)[C@@H](C)OC(=O)c1ccc2c(c1)C(=O)N(Cc1ccccc1)C2=O. The molecule has 1 heterocycles. The van der Waals surface area contributed by atoms with E-state index in [4.69, 9.17) is 4.74 Å².